The first-order valence-corrected chi connectivity index (χ1v) is 9.54. The lowest BCUT2D eigenvalue weighted by molar-refractivity contribution is -0.119. The van der Waals surface area contributed by atoms with E-state index in [1.807, 2.05) is 31.2 Å². The summed E-state index contributed by atoms with van der Waals surface area (Å²) in [5, 5.41) is 9.17. The first-order valence-electron chi connectivity index (χ1n) is 8.39. The molecular formula is C18H27N3O2S. The number of aryl methyl sites for hydroxylation is 1. The first-order chi connectivity index (χ1) is 11.5. The maximum atomic E-state index is 11.9. The fourth-order valence-electron chi connectivity index (χ4n) is 2.64. The van der Waals surface area contributed by atoms with Gasteiger partial charge in [0.15, 0.2) is 0 Å². The predicted octanol–water partition coefficient (Wildman–Crippen LogP) is 2.17. The molecule has 1 aromatic carbocycles. The zero-order chi connectivity index (χ0) is 17.4. The summed E-state index contributed by atoms with van der Waals surface area (Å²) >= 11 is 1.34. The molecule has 1 saturated heterocycles. The highest BCUT2D eigenvalue weighted by molar-refractivity contribution is 8.00. The van der Waals surface area contributed by atoms with E-state index < -0.39 is 0 Å². The summed E-state index contributed by atoms with van der Waals surface area (Å²) in [4.78, 5) is 23.8. The summed E-state index contributed by atoms with van der Waals surface area (Å²) in [6, 6.07) is 7.67. The molecule has 2 rings (SSSR count). The van der Waals surface area contributed by atoms with Crippen molar-refractivity contribution in [2.75, 3.05) is 36.5 Å². The van der Waals surface area contributed by atoms with E-state index in [4.69, 9.17) is 0 Å². The van der Waals surface area contributed by atoms with Crippen LogP contribution in [0.2, 0.25) is 0 Å². The minimum absolute atomic E-state index is 0.00268. The van der Waals surface area contributed by atoms with E-state index in [0.717, 1.165) is 37.2 Å². The molecule has 1 fully saturated rings. The summed E-state index contributed by atoms with van der Waals surface area (Å²) in [6.07, 6.45) is 2.17. The molecule has 3 N–H and O–H groups in total. The van der Waals surface area contributed by atoms with Gasteiger partial charge in [0.25, 0.3) is 0 Å². The monoisotopic (exact) mass is 349 g/mol. The highest BCUT2D eigenvalue weighted by Gasteiger charge is 2.26. The molecule has 1 aliphatic heterocycles. The van der Waals surface area contributed by atoms with Crippen molar-refractivity contribution in [2.24, 2.45) is 5.41 Å². The van der Waals surface area contributed by atoms with Gasteiger partial charge in [-0.25, -0.2) is 0 Å². The normalized spacial score (nSPS) is 16.4. The van der Waals surface area contributed by atoms with E-state index >= 15 is 0 Å². The zero-order valence-electron chi connectivity index (χ0n) is 14.5. The van der Waals surface area contributed by atoms with Crippen LogP contribution in [0.25, 0.3) is 0 Å². The van der Waals surface area contributed by atoms with Crippen LogP contribution in [0.3, 0.4) is 0 Å². The van der Waals surface area contributed by atoms with Crippen molar-refractivity contribution in [3.63, 3.8) is 0 Å². The second kappa shape index (κ2) is 9.08. The smallest absolute Gasteiger partial charge is 0.234 e. The number of carbonyl (C=O) groups excluding carboxylic acids is 2. The lowest BCUT2D eigenvalue weighted by atomic mass is 9.81. The number of piperidine rings is 1. The molecular weight excluding hydrogens is 322 g/mol. The minimum atomic E-state index is -0.0815. The average molecular weight is 350 g/mol. The molecule has 0 unspecified atom stereocenters. The van der Waals surface area contributed by atoms with Gasteiger partial charge < -0.3 is 16.0 Å². The Morgan fingerprint density at radius 2 is 1.75 bits per heavy atom. The van der Waals surface area contributed by atoms with Crippen molar-refractivity contribution in [2.45, 2.75) is 26.7 Å². The van der Waals surface area contributed by atoms with Gasteiger partial charge in [-0.3, -0.25) is 9.59 Å². The summed E-state index contributed by atoms with van der Waals surface area (Å²) in [6.45, 7) is 6.96. The van der Waals surface area contributed by atoms with Crippen LogP contribution in [-0.2, 0) is 9.59 Å². The van der Waals surface area contributed by atoms with Crippen LogP contribution >= 0.6 is 11.8 Å². The highest BCUT2D eigenvalue weighted by atomic mass is 32.2. The number of anilines is 1. The Hall–Kier alpha value is -1.53. The van der Waals surface area contributed by atoms with Crippen LogP contribution in [0.4, 0.5) is 5.69 Å². The van der Waals surface area contributed by atoms with Gasteiger partial charge in [-0.05, 0) is 50.4 Å². The van der Waals surface area contributed by atoms with Crippen molar-refractivity contribution >= 4 is 29.3 Å². The largest absolute Gasteiger partial charge is 0.355 e. The van der Waals surface area contributed by atoms with E-state index in [-0.39, 0.29) is 23.0 Å². The SMILES string of the molecule is Cc1ccc(NC(=O)CSCC(=O)NCC2(C)CCNCC2)cc1. The number of carbonyl (C=O) groups is 2. The Kier molecular flexibility index (Phi) is 7.12. The number of hydrogen-bond acceptors (Lipinski definition) is 4. The van der Waals surface area contributed by atoms with Gasteiger partial charge in [0.2, 0.25) is 11.8 Å². The molecule has 0 aromatic heterocycles. The highest BCUT2D eigenvalue weighted by Crippen LogP contribution is 2.26. The average Bonchev–Trinajstić information content (AvgIpc) is 2.56. The van der Waals surface area contributed by atoms with Crippen LogP contribution in [0.1, 0.15) is 25.3 Å². The molecule has 1 heterocycles. The van der Waals surface area contributed by atoms with Crippen LogP contribution in [0.5, 0.6) is 0 Å². The molecule has 132 valence electrons. The predicted molar refractivity (Wildman–Crippen MR) is 100 cm³/mol. The van der Waals surface area contributed by atoms with Crippen molar-refractivity contribution in [1.82, 2.24) is 10.6 Å². The molecule has 0 saturated carbocycles. The second-order valence-electron chi connectivity index (χ2n) is 6.74. The lowest BCUT2D eigenvalue weighted by Gasteiger charge is -2.34. The van der Waals surface area contributed by atoms with Gasteiger partial charge in [-0.1, -0.05) is 24.6 Å². The number of amides is 2. The summed E-state index contributed by atoms with van der Waals surface area (Å²) in [5.41, 5.74) is 2.13. The van der Waals surface area contributed by atoms with Crippen LogP contribution in [-0.4, -0.2) is 43.0 Å². The van der Waals surface area contributed by atoms with Crippen LogP contribution < -0.4 is 16.0 Å². The third kappa shape index (κ3) is 6.53. The molecule has 0 bridgehead atoms. The van der Waals surface area contributed by atoms with Crippen molar-refractivity contribution in [1.29, 1.82) is 0 Å². The van der Waals surface area contributed by atoms with E-state index in [1.54, 1.807) is 0 Å². The fraction of sp³-hybridized carbons (Fsp3) is 0.556. The molecule has 0 spiro atoms. The molecule has 1 aliphatic rings. The van der Waals surface area contributed by atoms with E-state index in [2.05, 4.69) is 22.9 Å². The van der Waals surface area contributed by atoms with Crippen molar-refractivity contribution in [3.05, 3.63) is 29.8 Å². The molecule has 6 heteroatoms. The molecule has 0 aliphatic carbocycles. The quantitative estimate of drug-likeness (QED) is 0.706. The Balaban J connectivity index is 1.61. The Labute approximate surface area is 148 Å². The van der Waals surface area contributed by atoms with Gasteiger partial charge in [-0.2, -0.15) is 0 Å². The molecule has 0 atom stereocenters. The lowest BCUT2D eigenvalue weighted by Crippen LogP contribution is -2.43. The number of thioether (sulfide) groups is 1. The van der Waals surface area contributed by atoms with Gasteiger partial charge in [0.1, 0.15) is 0 Å². The maximum absolute atomic E-state index is 11.9. The summed E-state index contributed by atoms with van der Waals surface area (Å²) in [7, 11) is 0. The molecule has 0 radical (unpaired) electrons. The maximum Gasteiger partial charge on any atom is 0.234 e. The molecule has 5 nitrogen and oxygen atoms in total. The number of rotatable bonds is 7. The Morgan fingerprint density at radius 1 is 1.12 bits per heavy atom. The standard InChI is InChI=1S/C18H27N3O2S/c1-14-3-5-15(6-4-14)21-17(23)12-24-11-16(22)20-13-18(2)7-9-19-10-8-18/h3-6,19H,7-13H2,1-2H3,(H,20,22)(H,21,23). The van der Waals surface area contributed by atoms with E-state index in [9.17, 15) is 9.59 Å². The minimum Gasteiger partial charge on any atom is -0.355 e. The molecule has 24 heavy (non-hydrogen) atoms. The van der Waals surface area contributed by atoms with Crippen LogP contribution in [0, 0.1) is 12.3 Å². The van der Waals surface area contributed by atoms with Gasteiger partial charge in [0, 0.05) is 12.2 Å². The number of benzene rings is 1. The molecule has 1 aromatic rings. The van der Waals surface area contributed by atoms with E-state index in [1.165, 1.54) is 11.8 Å². The zero-order valence-corrected chi connectivity index (χ0v) is 15.3. The third-order valence-electron chi connectivity index (χ3n) is 4.32. The fourth-order valence-corrected chi connectivity index (χ4v) is 3.29. The van der Waals surface area contributed by atoms with Gasteiger partial charge in [-0.15, -0.1) is 11.8 Å². The Morgan fingerprint density at radius 3 is 2.42 bits per heavy atom. The van der Waals surface area contributed by atoms with Crippen LogP contribution in [0.15, 0.2) is 24.3 Å². The van der Waals surface area contributed by atoms with Crippen molar-refractivity contribution in [3.8, 4) is 0 Å². The summed E-state index contributed by atoms with van der Waals surface area (Å²) in [5.74, 6) is 0.517. The number of hydrogen-bond donors (Lipinski definition) is 3. The topological polar surface area (TPSA) is 70.2 Å². The first kappa shape index (κ1) is 18.8. The van der Waals surface area contributed by atoms with E-state index in [0.29, 0.717) is 12.3 Å². The third-order valence-corrected chi connectivity index (χ3v) is 5.26. The van der Waals surface area contributed by atoms with Gasteiger partial charge >= 0.3 is 0 Å². The number of nitrogens with one attached hydrogen (secondary N) is 3. The van der Waals surface area contributed by atoms with Gasteiger partial charge in [0.05, 0.1) is 11.5 Å². The molecule has 2 amide bonds. The van der Waals surface area contributed by atoms with Crippen molar-refractivity contribution < 1.29 is 9.59 Å². The summed E-state index contributed by atoms with van der Waals surface area (Å²) < 4.78 is 0. The second-order valence-corrected chi connectivity index (χ2v) is 7.73. The Bertz CT molecular complexity index is 554.